The van der Waals surface area contributed by atoms with Crippen LogP contribution in [0.25, 0.3) is 0 Å². The number of halogens is 1. The van der Waals surface area contributed by atoms with E-state index in [9.17, 15) is 4.79 Å². The molecule has 0 aliphatic carbocycles. The third-order valence-corrected chi connectivity index (χ3v) is 4.45. The zero-order chi connectivity index (χ0) is 18.1. The number of aliphatic imine (C=N–C) groups is 1. The van der Waals surface area contributed by atoms with Crippen LogP contribution in [0, 0.1) is 0 Å². The number of nitrogens with zero attached hydrogens (tertiary/aromatic N) is 3. The van der Waals surface area contributed by atoms with E-state index in [1.807, 2.05) is 18.7 Å². The molecular weight excluding hydrogens is 447 g/mol. The van der Waals surface area contributed by atoms with Crippen LogP contribution in [0.2, 0.25) is 0 Å². The Hall–Kier alpha value is -0.610. The standard InChI is InChI=1S/C18H34N4O3.HI/c1-4-19-18(20-8-6-14-24-15(2)3)22-11-9-21(10-12-22)17(23)16-7-5-13-25-16;/h15-16H,4-14H2,1-3H3,(H,19,20);1H. The summed E-state index contributed by atoms with van der Waals surface area (Å²) in [5.41, 5.74) is 0. The lowest BCUT2D eigenvalue weighted by Gasteiger charge is -2.37. The summed E-state index contributed by atoms with van der Waals surface area (Å²) in [6, 6.07) is 0. The summed E-state index contributed by atoms with van der Waals surface area (Å²) in [5.74, 6) is 1.10. The Bertz CT molecular complexity index is 434. The SMILES string of the molecule is CCNC(=NCCCOC(C)C)N1CCN(C(=O)C2CCCO2)CC1.I. The number of hydrogen-bond acceptors (Lipinski definition) is 4. The van der Waals surface area contributed by atoms with Crippen molar-refractivity contribution in [2.45, 2.75) is 52.2 Å². The van der Waals surface area contributed by atoms with E-state index in [4.69, 9.17) is 14.5 Å². The fraction of sp³-hybridized carbons (Fsp3) is 0.889. The number of piperazine rings is 1. The van der Waals surface area contributed by atoms with E-state index in [2.05, 4.69) is 17.1 Å². The molecule has 1 atom stereocenters. The van der Waals surface area contributed by atoms with Gasteiger partial charge in [-0.25, -0.2) is 0 Å². The lowest BCUT2D eigenvalue weighted by molar-refractivity contribution is -0.142. The average molecular weight is 482 g/mol. The predicted molar refractivity (Wildman–Crippen MR) is 114 cm³/mol. The highest BCUT2D eigenvalue weighted by Crippen LogP contribution is 2.16. The number of ether oxygens (including phenoxy) is 2. The molecule has 0 saturated carbocycles. The van der Waals surface area contributed by atoms with Crippen LogP contribution >= 0.6 is 24.0 Å². The second kappa shape index (κ2) is 12.7. The first-order valence-corrected chi connectivity index (χ1v) is 9.67. The second-order valence-electron chi connectivity index (χ2n) is 6.82. The largest absolute Gasteiger partial charge is 0.379 e. The number of rotatable bonds is 7. The van der Waals surface area contributed by atoms with Crippen LogP contribution in [-0.2, 0) is 14.3 Å². The highest BCUT2D eigenvalue weighted by Gasteiger charge is 2.30. The van der Waals surface area contributed by atoms with Crippen LogP contribution in [0.1, 0.15) is 40.0 Å². The van der Waals surface area contributed by atoms with Gasteiger partial charge in [-0.05, 0) is 40.0 Å². The van der Waals surface area contributed by atoms with Crippen molar-refractivity contribution in [2.75, 3.05) is 52.5 Å². The van der Waals surface area contributed by atoms with Gasteiger partial charge in [0.05, 0.1) is 6.10 Å². The van der Waals surface area contributed by atoms with Crippen molar-refractivity contribution < 1.29 is 14.3 Å². The summed E-state index contributed by atoms with van der Waals surface area (Å²) in [4.78, 5) is 21.3. The van der Waals surface area contributed by atoms with Gasteiger partial charge in [-0.15, -0.1) is 24.0 Å². The first kappa shape index (κ1) is 23.4. The smallest absolute Gasteiger partial charge is 0.251 e. The van der Waals surface area contributed by atoms with Gasteiger partial charge in [0.2, 0.25) is 0 Å². The van der Waals surface area contributed by atoms with Crippen LogP contribution in [0.4, 0.5) is 0 Å². The molecule has 152 valence electrons. The van der Waals surface area contributed by atoms with Crippen molar-refractivity contribution in [3.63, 3.8) is 0 Å². The van der Waals surface area contributed by atoms with E-state index in [0.717, 1.165) is 71.1 Å². The molecule has 2 rings (SSSR count). The Balaban J connectivity index is 0.00000338. The topological polar surface area (TPSA) is 66.4 Å². The Labute approximate surface area is 174 Å². The van der Waals surface area contributed by atoms with E-state index in [-0.39, 0.29) is 42.1 Å². The van der Waals surface area contributed by atoms with Gasteiger partial charge in [-0.1, -0.05) is 0 Å². The minimum absolute atomic E-state index is 0. The Kier molecular flexibility index (Phi) is 11.5. The van der Waals surface area contributed by atoms with Gasteiger partial charge in [-0.2, -0.15) is 0 Å². The quantitative estimate of drug-likeness (QED) is 0.259. The molecule has 1 N–H and O–H groups in total. The number of guanidine groups is 1. The molecule has 2 aliphatic heterocycles. The van der Waals surface area contributed by atoms with Crippen LogP contribution < -0.4 is 5.32 Å². The van der Waals surface area contributed by atoms with Gasteiger partial charge in [0.25, 0.3) is 5.91 Å². The van der Waals surface area contributed by atoms with E-state index >= 15 is 0 Å². The summed E-state index contributed by atoms with van der Waals surface area (Å²) in [6.45, 7) is 12.3. The monoisotopic (exact) mass is 482 g/mol. The van der Waals surface area contributed by atoms with Crippen molar-refractivity contribution >= 4 is 35.8 Å². The maximum Gasteiger partial charge on any atom is 0.251 e. The summed E-state index contributed by atoms with van der Waals surface area (Å²) >= 11 is 0. The molecule has 0 spiro atoms. The summed E-state index contributed by atoms with van der Waals surface area (Å²) in [6.07, 6.45) is 2.83. The lowest BCUT2D eigenvalue weighted by atomic mass is 10.2. The molecule has 1 amide bonds. The summed E-state index contributed by atoms with van der Waals surface area (Å²) in [7, 11) is 0. The number of amides is 1. The van der Waals surface area contributed by atoms with Gasteiger partial charge in [0.1, 0.15) is 6.10 Å². The molecule has 2 saturated heterocycles. The minimum Gasteiger partial charge on any atom is -0.379 e. The summed E-state index contributed by atoms with van der Waals surface area (Å²) < 4.78 is 11.1. The third kappa shape index (κ3) is 7.56. The van der Waals surface area contributed by atoms with Crippen molar-refractivity contribution in [1.82, 2.24) is 15.1 Å². The van der Waals surface area contributed by atoms with Crippen LogP contribution in [-0.4, -0.2) is 86.4 Å². The van der Waals surface area contributed by atoms with Gasteiger partial charge >= 0.3 is 0 Å². The van der Waals surface area contributed by atoms with E-state index in [0.29, 0.717) is 6.61 Å². The normalized spacial score (nSPS) is 21.1. The maximum atomic E-state index is 12.4. The molecule has 0 aromatic carbocycles. The number of carbonyl (C=O) groups is 1. The van der Waals surface area contributed by atoms with Crippen LogP contribution in [0.15, 0.2) is 4.99 Å². The zero-order valence-electron chi connectivity index (χ0n) is 16.4. The Morgan fingerprint density at radius 3 is 2.54 bits per heavy atom. The van der Waals surface area contributed by atoms with Gasteiger partial charge < -0.3 is 24.6 Å². The fourth-order valence-electron chi connectivity index (χ4n) is 3.11. The van der Waals surface area contributed by atoms with Crippen molar-refractivity contribution in [3.8, 4) is 0 Å². The van der Waals surface area contributed by atoms with E-state index in [1.54, 1.807) is 0 Å². The van der Waals surface area contributed by atoms with Crippen LogP contribution in [0.5, 0.6) is 0 Å². The molecule has 1 unspecified atom stereocenters. The number of hydrogen-bond donors (Lipinski definition) is 1. The average Bonchev–Trinajstić information content (AvgIpc) is 3.14. The van der Waals surface area contributed by atoms with Gasteiger partial charge in [-0.3, -0.25) is 9.79 Å². The molecule has 2 heterocycles. The fourth-order valence-corrected chi connectivity index (χ4v) is 3.11. The molecule has 0 bridgehead atoms. The van der Waals surface area contributed by atoms with Crippen molar-refractivity contribution in [1.29, 1.82) is 0 Å². The number of nitrogens with one attached hydrogen (secondary N) is 1. The molecule has 0 aromatic heterocycles. The minimum atomic E-state index is -0.214. The van der Waals surface area contributed by atoms with Gasteiger partial charge in [0.15, 0.2) is 5.96 Å². The number of carbonyl (C=O) groups excluding carboxylic acids is 1. The molecule has 8 heteroatoms. The molecular formula is C18H35IN4O3. The predicted octanol–water partition coefficient (Wildman–Crippen LogP) is 1.71. The molecule has 0 radical (unpaired) electrons. The maximum absolute atomic E-state index is 12.4. The Morgan fingerprint density at radius 1 is 1.27 bits per heavy atom. The first-order valence-electron chi connectivity index (χ1n) is 9.67. The Morgan fingerprint density at radius 2 is 1.96 bits per heavy atom. The van der Waals surface area contributed by atoms with E-state index in [1.165, 1.54) is 0 Å². The first-order chi connectivity index (χ1) is 12.1. The highest BCUT2D eigenvalue weighted by atomic mass is 127. The molecule has 7 nitrogen and oxygen atoms in total. The van der Waals surface area contributed by atoms with Crippen molar-refractivity contribution in [3.05, 3.63) is 0 Å². The highest BCUT2D eigenvalue weighted by molar-refractivity contribution is 14.0. The van der Waals surface area contributed by atoms with E-state index < -0.39 is 0 Å². The zero-order valence-corrected chi connectivity index (χ0v) is 18.7. The van der Waals surface area contributed by atoms with Crippen LogP contribution in [0.3, 0.4) is 0 Å². The summed E-state index contributed by atoms with van der Waals surface area (Å²) in [5, 5.41) is 3.36. The van der Waals surface area contributed by atoms with Crippen molar-refractivity contribution in [2.24, 2.45) is 4.99 Å². The second-order valence-corrected chi connectivity index (χ2v) is 6.82. The van der Waals surface area contributed by atoms with Gasteiger partial charge in [0, 0.05) is 52.5 Å². The third-order valence-electron chi connectivity index (χ3n) is 4.45. The molecule has 2 aliphatic rings. The molecule has 2 fully saturated rings. The molecule has 0 aromatic rings. The molecule has 26 heavy (non-hydrogen) atoms. The lowest BCUT2D eigenvalue weighted by Crippen LogP contribution is -2.55.